The first-order valence-corrected chi connectivity index (χ1v) is 6.84. The van der Waals surface area contributed by atoms with Gasteiger partial charge in [0.15, 0.2) is 0 Å². The zero-order chi connectivity index (χ0) is 13.1. The van der Waals surface area contributed by atoms with Crippen LogP contribution in [-0.2, 0) is 6.42 Å². The third kappa shape index (κ3) is 2.99. The van der Waals surface area contributed by atoms with E-state index in [2.05, 4.69) is 21.8 Å². The van der Waals surface area contributed by atoms with Gasteiger partial charge >= 0.3 is 0 Å². The maximum Gasteiger partial charge on any atom is 0.132 e. The van der Waals surface area contributed by atoms with Crippen LogP contribution in [0.1, 0.15) is 37.7 Å². The molecule has 1 aliphatic rings. The molecule has 1 heterocycles. The Labute approximate surface area is 109 Å². The van der Waals surface area contributed by atoms with Crippen LogP contribution in [-0.4, -0.2) is 34.8 Å². The molecule has 2 atom stereocenters. The van der Waals surface area contributed by atoms with Gasteiger partial charge in [-0.3, -0.25) is 0 Å². The lowest BCUT2D eigenvalue weighted by molar-refractivity contribution is 0.136. The number of anilines is 1. The van der Waals surface area contributed by atoms with Crippen molar-refractivity contribution in [1.29, 1.82) is 0 Å². The highest BCUT2D eigenvalue weighted by Crippen LogP contribution is 2.27. The Morgan fingerprint density at radius 3 is 2.78 bits per heavy atom. The molecule has 1 aromatic heterocycles. The molecule has 100 valence electrons. The molecule has 4 heteroatoms. The molecule has 1 aromatic rings. The van der Waals surface area contributed by atoms with E-state index >= 15 is 0 Å². The maximum atomic E-state index is 9.88. The second-order valence-electron chi connectivity index (χ2n) is 5.26. The SMILES string of the molecule is CCc1cc(N(C)CC2CCCC2O)nc(C)n1. The zero-order valence-corrected chi connectivity index (χ0v) is 11.6. The second-order valence-corrected chi connectivity index (χ2v) is 5.26. The van der Waals surface area contributed by atoms with Crippen LogP contribution < -0.4 is 4.90 Å². The Morgan fingerprint density at radius 1 is 1.39 bits per heavy atom. The summed E-state index contributed by atoms with van der Waals surface area (Å²) >= 11 is 0. The molecule has 18 heavy (non-hydrogen) atoms. The number of rotatable bonds is 4. The Balaban J connectivity index is 2.08. The number of nitrogens with zero attached hydrogens (tertiary/aromatic N) is 3. The monoisotopic (exact) mass is 249 g/mol. The minimum Gasteiger partial charge on any atom is -0.393 e. The summed E-state index contributed by atoms with van der Waals surface area (Å²) < 4.78 is 0. The van der Waals surface area contributed by atoms with Gasteiger partial charge in [-0.2, -0.15) is 0 Å². The first-order valence-electron chi connectivity index (χ1n) is 6.84. The predicted molar refractivity (Wildman–Crippen MR) is 72.8 cm³/mol. The van der Waals surface area contributed by atoms with Crippen LogP contribution in [0.4, 0.5) is 5.82 Å². The summed E-state index contributed by atoms with van der Waals surface area (Å²) in [6.07, 6.45) is 4.00. The summed E-state index contributed by atoms with van der Waals surface area (Å²) in [4.78, 5) is 11.0. The van der Waals surface area contributed by atoms with Gasteiger partial charge in [-0.1, -0.05) is 13.3 Å². The molecule has 0 bridgehead atoms. The molecule has 0 spiro atoms. The molecule has 1 fully saturated rings. The molecular formula is C14H23N3O. The summed E-state index contributed by atoms with van der Waals surface area (Å²) in [5.74, 6) is 2.18. The van der Waals surface area contributed by atoms with Crippen LogP contribution in [0.25, 0.3) is 0 Å². The van der Waals surface area contributed by atoms with Gasteiger partial charge in [0.05, 0.1) is 6.10 Å². The standard InChI is InChI=1S/C14H23N3O/c1-4-12-8-14(16-10(2)15-12)17(3)9-11-6-5-7-13(11)18/h8,11,13,18H,4-7,9H2,1-3H3. The largest absolute Gasteiger partial charge is 0.393 e. The highest BCUT2D eigenvalue weighted by molar-refractivity contribution is 5.39. The van der Waals surface area contributed by atoms with Gasteiger partial charge in [0.1, 0.15) is 11.6 Å². The smallest absolute Gasteiger partial charge is 0.132 e. The van der Waals surface area contributed by atoms with Crippen molar-refractivity contribution in [3.63, 3.8) is 0 Å². The van der Waals surface area contributed by atoms with E-state index < -0.39 is 0 Å². The Hall–Kier alpha value is -1.16. The maximum absolute atomic E-state index is 9.88. The average molecular weight is 249 g/mol. The molecule has 1 saturated carbocycles. The van der Waals surface area contributed by atoms with Crippen molar-refractivity contribution < 1.29 is 5.11 Å². The molecule has 0 aromatic carbocycles. The van der Waals surface area contributed by atoms with Crippen LogP contribution in [0.15, 0.2) is 6.07 Å². The summed E-state index contributed by atoms with van der Waals surface area (Å²) in [6, 6.07) is 2.05. The molecule has 1 aliphatic carbocycles. The summed E-state index contributed by atoms with van der Waals surface area (Å²) in [6.45, 7) is 4.91. The van der Waals surface area contributed by atoms with Gasteiger partial charge in [-0.05, 0) is 26.2 Å². The molecule has 0 aliphatic heterocycles. The van der Waals surface area contributed by atoms with Crippen LogP contribution in [0.2, 0.25) is 0 Å². The van der Waals surface area contributed by atoms with Gasteiger partial charge < -0.3 is 10.0 Å². The number of aliphatic hydroxyl groups is 1. The number of aliphatic hydroxyl groups excluding tert-OH is 1. The Kier molecular flexibility index (Phi) is 4.17. The molecule has 1 N–H and O–H groups in total. The predicted octanol–water partition coefficient (Wildman–Crippen LogP) is 1.94. The van der Waals surface area contributed by atoms with E-state index in [1.54, 1.807) is 0 Å². The number of hydrogen-bond acceptors (Lipinski definition) is 4. The molecule has 0 amide bonds. The molecule has 2 unspecified atom stereocenters. The number of hydrogen-bond donors (Lipinski definition) is 1. The number of aromatic nitrogens is 2. The molecule has 4 nitrogen and oxygen atoms in total. The van der Waals surface area contributed by atoms with E-state index in [1.807, 2.05) is 20.0 Å². The first kappa shape index (κ1) is 13.3. The van der Waals surface area contributed by atoms with Gasteiger partial charge in [0.25, 0.3) is 0 Å². The zero-order valence-electron chi connectivity index (χ0n) is 11.6. The van der Waals surface area contributed by atoms with E-state index in [1.165, 1.54) is 0 Å². The average Bonchev–Trinajstić information content (AvgIpc) is 2.74. The third-order valence-electron chi connectivity index (χ3n) is 3.76. The van der Waals surface area contributed by atoms with Gasteiger partial charge in [0.2, 0.25) is 0 Å². The normalized spacial score (nSPS) is 23.3. The van der Waals surface area contributed by atoms with Crippen LogP contribution in [0, 0.1) is 12.8 Å². The van der Waals surface area contributed by atoms with E-state index in [0.717, 1.165) is 49.6 Å². The topological polar surface area (TPSA) is 49.2 Å². The van der Waals surface area contributed by atoms with Crippen molar-refractivity contribution in [1.82, 2.24) is 9.97 Å². The molecule has 0 radical (unpaired) electrons. The van der Waals surface area contributed by atoms with Gasteiger partial charge in [-0.25, -0.2) is 9.97 Å². The second kappa shape index (κ2) is 5.65. The lowest BCUT2D eigenvalue weighted by atomic mass is 10.1. The fourth-order valence-corrected chi connectivity index (χ4v) is 2.66. The number of aryl methyl sites for hydroxylation is 2. The van der Waals surface area contributed by atoms with Crippen molar-refractivity contribution >= 4 is 5.82 Å². The van der Waals surface area contributed by atoms with Gasteiger partial charge in [-0.15, -0.1) is 0 Å². The highest BCUT2D eigenvalue weighted by Gasteiger charge is 2.26. The van der Waals surface area contributed by atoms with Crippen molar-refractivity contribution in [2.45, 2.75) is 45.6 Å². The van der Waals surface area contributed by atoms with Gasteiger partial charge in [0, 0.05) is 31.3 Å². The summed E-state index contributed by atoms with van der Waals surface area (Å²) in [7, 11) is 2.05. The molecule has 2 rings (SSSR count). The Bertz CT molecular complexity index is 408. The fraction of sp³-hybridized carbons (Fsp3) is 0.714. The summed E-state index contributed by atoms with van der Waals surface area (Å²) in [5, 5.41) is 9.88. The first-order chi connectivity index (χ1) is 8.60. The molecular weight excluding hydrogens is 226 g/mol. The third-order valence-corrected chi connectivity index (χ3v) is 3.76. The van der Waals surface area contributed by atoms with E-state index in [0.29, 0.717) is 5.92 Å². The molecule has 0 saturated heterocycles. The van der Waals surface area contributed by atoms with Crippen LogP contribution in [0.3, 0.4) is 0 Å². The van der Waals surface area contributed by atoms with E-state index in [4.69, 9.17) is 0 Å². The van der Waals surface area contributed by atoms with Crippen molar-refractivity contribution in [3.8, 4) is 0 Å². The van der Waals surface area contributed by atoms with Crippen molar-refractivity contribution in [2.75, 3.05) is 18.5 Å². The lowest BCUT2D eigenvalue weighted by Crippen LogP contribution is -2.30. The van der Waals surface area contributed by atoms with E-state index in [9.17, 15) is 5.11 Å². The van der Waals surface area contributed by atoms with Crippen molar-refractivity contribution in [2.24, 2.45) is 5.92 Å². The van der Waals surface area contributed by atoms with Crippen LogP contribution >= 0.6 is 0 Å². The van der Waals surface area contributed by atoms with E-state index in [-0.39, 0.29) is 6.10 Å². The van der Waals surface area contributed by atoms with Crippen LogP contribution in [0.5, 0.6) is 0 Å². The minimum atomic E-state index is -0.138. The lowest BCUT2D eigenvalue weighted by Gasteiger charge is -2.24. The van der Waals surface area contributed by atoms with Crippen molar-refractivity contribution in [3.05, 3.63) is 17.6 Å². The highest BCUT2D eigenvalue weighted by atomic mass is 16.3. The minimum absolute atomic E-state index is 0.138. The quantitative estimate of drug-likeness (QED) is 0.886. The fourth-order valence-electron chi connectivity index (χ4n) is 2.66. The summed E-state index contributed by atoms with van der Waals surface area (Å²) in [5.41, 5.74) is 1.08. The Morgan fingerprint density at radius 2 is 2.17 bits per heavy atom.